The first-order chi connectivity index (χ1) is 9.47. The lowest BCUT2D eigenvalue weighted by atomic mass is 10.2. The predicted octanol–water partition coefficient (Wildman–Crippen LogP) is 3.07. The van der Waals surface area contributed by atoms with Crippen molar-refractivity contribution in [3.63, 3.8) is 0 Å². The molecule has 0 aliphatic carbocycles. The number of hydrogen-bond acceptors (Lipinski definition) is 5. The number of thiophene rings is 1. The Hall–Kier alpha value is -1.31. The molecular formula is C13H10O4S3. The van der Waals surface area contributed by atoms with Crippen molar-refractivity contribution >= 4 is 38.9 Å². The third-order valence-electron chi connectivity index (χ3n) is 3.04. The van der Waals surface area contributed by atoms with Crippen LogP contribution >= 0.6 is 23.1 Å². The van der Waals surface area contributed by atoms with Gasteiger partial charge in [0.05, 0.1) is 15.9 Å². The number of sulfone groups is 1. The van der Waals surface area contributed by atoms with Crippen LogP contribution in [0.25, 0.3) is 0 Å². The molecule has 3 rings (SSSR count). The second-order valence-electron chi connectivity index (χ2n) is 4.38. The average Bonchev–Trinajstić information content (AvgIpc) is 2.95. The van der Waals surface area contributed by atoms with E-state index in [2.05, 4.69) is 0 Å². The summed E-state index contributed by atoms with van der Waals surface area (Å²) < 4.78 is 24.1. The summed E-state index contributed by atoms with van der Waals surface area (Å²) >= 11 is 2.55. The summed E-state index contributed by atoms with van der Waals surface area (Å²) in [7, 11) is -3.22. The van der Waals surface area contributed by atoms with Gasteiger partial charge in [0.1, 0.15) is 4.88 Å². The van der Waals surface area contributed by atoms with E-state index in [0.29, 0.717) is 4.90 Å². The Bertz CT molecular complexity index is 776. The molecule has 0 radical (unpaired) electrons. The highest BCUT2D eigenvalue weighted by Gasteiger charge is 2.35. The summed E-state index contributed by atoms with van der Waals surface area (Å²) in [6.45, 7) is 0. The molecule has 0 saturated heterocycles. The minimum atomic E-state index is -3.22. The number of carboxylic acids is 1. The predicted molar refractivity (Wildman–Crippen MR) is 78.4 cm³/mol. The summed E-state index contributed by atoms with van der Waals surface area (Å²) in [4.78, 5) is 12.3. The lowest BCUT2D eigenvalue weighted by molar-refractivity contribution is 0.0702. The molecule has 0 spiro atoms. The van der Waals surface area contributed by atoms with Crippen molar-refractivity contribution in [1.82, 2.24) is 0 Å². The normalized spacial score (nSPS) is 19.7. The second-order valence-corrected chi connectivity index (χ2v) is 8.57. The zero-order valence-electron chi connectivity index (χ0n) is 10.1. The summed E-state index contributed by atoms with van der Waals surface area (Å²) in [6.07, 6.45) is 0. The average molecular weight is 326 g/mol. The first-order valence-corrected chi connectivity index (χ1v) is 9.19. The monoisotopic (exact) mass is 326 g/mol. The molecule has 1 N–H and O–H groups in total. The molecule has 20 heavy (non-hydrogen) atoms. The van der Waals surface area contributed by atoms with Crippen molar-refractivity contribution in [2.75, 3.05) is 5.75 Å². The van der Waals surface area contributed by atoms with Gasteiger partial charge in [-0.25, -0.2) is 13.2 Å². The molecule has 1 aromatic heterocycles. The summed E-state index contributed by atoms with van der Waals surface area (Å²) in [5.74, 6) is -0.892. The molecular weight excluding hydrogens is 316 g/mol. The summed E-state index contributed by atoms with van der Waals surface area (Å²) in [6, 6.07) is 8.58. The van der Waals surface area contributed by atoms with Crippen LogP contribution in [0.1, 0.15) is 20.5 Å². The van der Waals surface area contributed by atoms with Crippen molar-refractivity contribution in [3.05, 3.63) is 46.2 Å². The van der Waals surface area contributed by atoms with Crippen molar-refractivity contribution in [2.24, 2.45) is 0 Å². The Morgan fingerprint density at radius 3 is 2.80 bits per heavy atom. The van der Waals surface area contributed by atoms with Crippen LogP contribution in [0.4, 0.5) is 0 Å². The third kappa shape index (κ3) is 2.36. The van der Waals surface area contributed by atoms with Gasteiger partial charge in [-0.1, -0.05) is 18.2 Å². The molecule has 0 saturated carbocycles. The smallest absolute Gasteiger partial charge is 0.345 e. The SMILES string of the molecule is O=C(O)c1cc(SC2CS(=O)(=O)c3ccccc32)cs1. The maximum Gasteiger partial charge on any atom is 0.345 e. The first kappa shape index (κ1) is 13.7. The topological polar surface area (TPSA) is 71.4 Å². The van der Waals surface area contributed by atoms with Gasteiger partial charge in [0, 0.05) is 10.3 Å². The third-order valence-corrected chi connectivity index (χ3v) is 7.34. The number of thioether (sulfide) groups is 1. The van der Waals surface area contributed by atoms with Crippen LogP contribution in [-0.2, 0) is 9.84 Å². The quantitative estimate of drug-likeness (QED) is 0.938. The fourth-order valence-electron chi connectivity index (χ4n) is 2.16. The van der Waals surface area contributed by atoms with Gasteiger partial charge in [-0.3, -0.25) is 0 Å². The molecule has 7 heteroatoms. The number of fused-ring (bicyclic) bond motifs is 1. The van der Waals surface area contributed by atoms with Gasteiger partial charge >= 0.3 is 5.97 Å². The zero-order valence-corrected chi connectivity index (χ0v) is 12.6. The van der Waals surface area contributed by atoms with Crippen molar-refractivity contribution in [3.8, 4) is 0 Å². The van der Waals surface area contributed by atoms with Crippen molar-refractivity contribution in [1.29, 1.82) is 0 Å². The molecule has 1 aliphatic rings. The molecule has 2 aromatic rings. The standard InChI is InChI=1S/C13H10O4S3/c14-13(15)10-5-8(6-18-10)19-11-7-20(16,17)12-4-2-1-3-9(11)12/h1-6,11H,7H2,(H,14,15). The van der Waals surface area contributed by atoms with Crippen LogP contribution < -0.4 is 0 Å². The van der Waals surface area contributed by atoms with Crippen LogP contribution in [0.15, 0.2) is 45.5 Å². The number of hydrogen-bond donors (Lipinski definition) is 1. The molecule has 1 atom stereocenters. The van der Waals surface area contributed by atoms with Crippen molar-refractivity contribution < 1.29 is 18.3 Å². The van der Waals surface area contributed by atoms with E-state index in [-0.39, 0.29) is 15.9 Å². The highest BCUT2D eigenvalue weighted by molar-refractivity contribution is 8.01. The van der Waals surface area contributed by atoms with Crippen LogP contribution in [0.5, 0.6) is 0 Å². The van der Waals surface area contributed by atoms with E-state index < -0.39 is 15.8 Å². The Kier molecular flexibility index (Phi) is 3.35. The van der Waals surface area contributed by atoms with E-state index in [1.165, 1.54) is 11.8 Å². The second kappa shape index (κ2) is 4.91. The van der Waals surface area contributed by atoms with E-state index in [4.69, 9.17) is 5.11 Å². The Labute approximate surface area is 124 Å². The van der Waals surface area contributed by atoms with E-state index in [1.807, 2.05) is 12.1 Å². The minimum absolute atomic E-state index is 0.0647. The summed E-state index contributed by atoms with van der Waals surface area (Å²) in [5, 5.41) is 10.5. The van der Waals surface area contributed by atoms with E-state index in [0.717, 1.165) is 21.8 Å². The van der Waals surface area contributed by atoms with Gasteiger partial charge in [0.25, 0.3) is 0 Å². The number of rotatable bonds is 3. The van der Waals surface area contributed by atoms with Gasteiger partial charge < -0.3 is 5.11 Å². The number of carbonyl (C=O) groups is 1. The maximum absolute atomic E-state index is 12.1. The largest absolute Gasteiger partial charge is 0.477 e. The lowest BCUT2D eigenvalue weighted by Crippen LogP contribution is -2.00. The highest BCUT2D eigenvalue weighted by Crippen LogP contribution is 2.45. The Balaban J connectivity index is 1.91. The molecule has 2 heterocycles. The zero-order chi connectivity index (χ0) is 14.3. The fourth-order valence-corrected chi connectivity index (χ4v) is 6.56. The molecule has 1 aromatic carbocycles. The molecule has 0 bridgehead atoms. The first-order valence-electron chi connectivity index (χ1n) is 5.77. The Morgan fingerprint density at radius 2 is 2.10 bits per heavy atom. The van der Waals surface area contributed by atoms with E-state index in [1.54, 1.807) is 23.6 Å². The number of aromatic carboxylic acids is 1. The number of carboxylic acid groups (broad SMARTS) is 1. The van der Waals surface area contributed by atoms with Crippen LogP contribution in [-0.4, -0.2) is 25.2 Å². The van der Waals surface area contributed by atoms with Gasteiger partial charge in [0.15, 0.2) is 9.84 Å². The molecule has 4 nitrogen and oxygen atoms in total. The highest BCUT2D eigenvalue weighted by atomic mass is 32.2. The molecule has 0 fully saturated rings. The summed E-state index contributed by atoms with van der Waals surface area (Å²) in [5.41, 5.74) is 0.806. The van der Waals surface area contributed by atoms with E-state index >= 15 is 0 Å². The lowest BCUT2D eigenvalue weighted by Gasteiger charge is -2.07. The van der Waals surface area contributed by atoms with Gasteiger partial charge in [-0.2, -0.15) is 0 Å². The van der Waals surface area contributed by atoms with Crippen LogP contribution in [0, 0.1) is 0 Å². The minimum Gasteiger partial charge on any atom is -0.477 e. The van der Waals surface area contributed by atoms with Crippen LogP contribution in [0.2, 0.25) is 0 Å². The van der Waals surface area contributed by atoms with Gasteiger partial charge in [-0.05, 0) is 17.7 Å². The molecule has 1 aliphatic heterocycles. The number of benzene rings is 1. The maximum atomic E-state index is 12.1. The van der Waals surface area contributed by atoms with Gasteiger partial charge in [-0.15, -0.1) is 23.1 Å². The van der Waals surface area contributed by atoms with Gasteiger partial charge in [0.2, 0.25) is 0 Å². The molecule has 104 valence electrons. The van der Waals surface area contributed by atoms with E-state index in [9.17, 15) is 13.2 Å². The fraction of sp³-hybridized carbons (Fsp3) is 0.154. The molecule has 0 amide bonds. The Morgan fingerprint density at radius 1 is 1.35 bits per heavy atom. The molecule has 1 unspecified atom stereocenters. The van der Waals surface area contributed by atoms with Crippen molar-refractivity contribution in [2.45, 2.75) is 15.0 Å². The van der Waals surface area contributed by atoms with Crippen LogP contribution in [0.3, 0.4) is 0 Å².